The first-order chi connectivity index (χ1) is 9.95. The van der Waals surface area contributed by atoms with Gasteiger partial charge in [-0.3, -0.25) is 0 Å². The zero-order valence-corrected chi connectivity index (χ0v) is 13.8. The van der Waals surface area contributed by atoms with Crippen molar-refractivity contribution >= 4 is 17.0 Å². The molecule has 3 rings (SSSR count). The van der Waals surface area contributed by atoms with Gasteiger partial charge >= 0.3 is 0 Å². The van der Waals surface area contributed by atoms with Crippen LogP contribution < -0.4 is 10.6 Å². The largest absolute Gasteiger partial charge is 0.366 e. The van der Waals surface area contributed by atoms with E-state index in [9.17, 15) is 0 Å². The molecule has 1 atom stereocenters. The summed E-state index contributed by atoms with van der Waals surface area (Å²) in [6, 6.07) is 10.6. The summed E-state index contributed by atoms with van der Waals surface area (Å²) in [6.07, 6.45) is 1.01. The molecule has 0 fully saturated rings. The molecule has 0 aliphatic carbocycles. The number of para-hydroxylation sites is 1. The molecule has 1 aliphatic heterocycles. The van der Waals surface area contributed by atoms with E-state index in [0.29, 0.717) is 0 Å². The van der Waals surface area contributed by atoms with Crippen LogP contribution in [-0.2, 0) is 13.0 Å². The van der Waals surface area contributed by atoms with E-state index in [0.717, 1.165) is 24.5 Å². The van der Waals surface area contributed by atoms with Gasteiger partial charge in [0.2, 0.25) is 0 Å². The molecular formula is C17H23N3S. The Morgan fingerprint density at radius 3 is 2.62 bits per heavy atom. The summed E-state index contributed by atoms with van der Waals surface area (Å²) in [5.41, 5.74) is 8.96. The van der Waals surface area contributed by atoms with Gasteiger partial charge in [-0.05, 0) is 17.5 Å². The summed E-state index contributed by atoms with van der Waals surface area (Å²) in [5.74, 6) is 0. The summed E-state index contributed by atoms with van der Waals surface area (Å²) in [7, 11) is 0. The van der Waals surface area contributed by atoms with Gasteiger partial charge in [-0.15, -0.1) is 11.3 Å². The third-order valence-electron chi connectivity index (χ3n) is 4.07. The van der Waals surface area contributed by atoms with Gasteiger partial charge in [-0.2, -0.15) is 0 Å². The Bertz CT molecular complexity index is 613. The summed E-state index contributed by atoms with van der Waals surface area (Å²) in [4.78, 5) is 8.61. The second-order valence-corrected chi connectivity index (χ2v) is 7.89. The van der Waals surface area contributed by atoms with Gasteiger partial charge in [-0.1, -0.05) is 39.0 Å². The van der Waals surface area contributed by atoms with Crippen molar-refractivity contribution in [3.05, 3.63) is 45.9 Å². The number of aromatic nitrogens is 1. The maximum atomic E-state index is 6.36. The van der Waals surface area contributed by atoms with Crippen LogP contribution in [0, 0.1) is 5.41 Å². The van der Waals surface area contributed by atoms with Gasteiger partial charge in [0.1, 0.15) is 5.01 Å². The number of hydrogen-bond acceptors (Lipinski definition) is 4. The lowest BCUT2D eigenvalue weighted by atomic mass is 9.88. The zero-order chi connectivity index (χ0) is 15.0. The SMILES string of the molecule is CC(C)(C)C(N)c1nc2c(s1)CN(c1ccccc1)CC2. The predicted molar refractivity (Wildman–Crippen MR) is 89.7 cm³/mol. The Kier molecular flexibility index (Phi) is 3.76. The smallest absolute Gasteiger partial charge is 0.110 e. The molecule has 0 saturated heterocycles. The van der Waals surface area contributed by atoms with Crippen LogP contribution in [-0.4, -0.2) is 11.5 Å². The fourth-order valence-corrected chi connectivity index (χ4v) is 3.95. The van der Waals surface area contributed by atoms with Gasteiger partial charge in [-0.25, -0.2) is 4.98 Å². The van der Waals surface area contributed by atoms with Gasteiger partial charge < -0.3 is 10.6 Å². The van der Waals surface area contributed by atoms with Crippen molar-refractivity contribution in [3.8, 4) is 0 Å². The number of benzene rings is 1. The number of thiazole rings is 1. The molecular weight excluding hydrogens is 278 g/mol. The number of nitrogens with two attached hydrogens (primary N) is 1. The minimum atomic E-state index is 0.0123. The van der Waals surface area contributed by atoms with E-state index in [1.165, 1.54) is 16.3 Å². The average Bonchev–Trinajstić information content (AvgIpc) is 2.89. The Hall–Kier alpha value is -1.39. The van der Waals surface area contributed by atoms with E-state index in [1.807, 2.05) is 0 Å². The molecule has 0 saturated carbocycles. The van der Waals surface area contributed by atoms with Gasteiger partial charge in [0.25, 0.3) is 0 Å². The Morgan fingerprint density at radius 2 is 1.95 bits per heavy atom. The molecule has 0 amide bonds. The fourth-order valence-electron chi connectivity index (χ4n) is 2.58. The molecule has 21 heavy (non-hydrogen) atoms. The number of anilines is 1. The van der Waals surface area contributed by atoms with Crippen LogP contribution in [0.15, 0.2) is 30.3 Å². The average molecular weight is 301 g/mol. The van der Waals surface area contributed by atoms with E-state index in [-0.39, 0.29) is 11.5 Å². The first-order valence-electron chi connectivity index (χ1n) is 7.49. The predicted octanol–water partition coefficient (Wildman–Crippen LogP) is 3.75. The van der Waals surface area contributed by atoms with E-state index in [1.54, 1.807) is 11.3 Å². The highest BCUT2D eigenvalue weighted by atomic mass is 32.1. The van der Waals surface area contributed by atoms with Gasteiger partial charge in [0.15, 0.2) is 0 Å². The van der Waals surface area contributed by atoms with Crippen LogP contribution >= 0.6 is 11.3 Å². The van der Waals surface area contributed by atoms with Crippen molar-refractivity contribution < 1.29 is 0 Å². The van der Waals surface area contributed by atoms with E-state index in [4.69, 9.17) is 10.7 Å². The molecule has 0 bridgehead atoms. The van der Waals surface area contributed by atoms with E-state index >= 15 is 0 Å². The maximum absolute atomic E-state index is 6.36. The normalized spacial score (nSPS) is 16.7. The van der Waals surface area contributed by atoms with Crippen LogP contribution in [0.25, 0.3) is 0 Å². The molecule has 1 aromatic carbocycles. The lowest BCUT2D eigenvalue weighted by Gasteiger charge is -2.28. The molecule has 2 heterocycles. The molecule has 2 aromatic rings. The third-order valence-corrected chi connectivity index (χ3v) is 5.23. The van der Waals surface area contributed by atoms with Crippen molar-refractivity contribution in [1.29, 1.82) is 0 Å². The highest BCUT2D eigenvalue weighted by molar-refractivity contribution is 7.11. The summed E-state index contributed by atoms with van der Waals surface area (Å²) >= 11 is 1.79. The van der Waals surface area contributed by atoms with E-state index < -0.39 is 0 Å². The second kappa shape index (κ2) is 5.43. The van der Waals surface area contributed by atoms with Crippen LogP contribution in [0.5, 0.6) is 0 Å². The Labute approximate surface area is 130 Å². The molecule has 112 valence electrons. The van der Waals surface area contributed by atoms with Crippen LogP contribution in [0.3, 0.4) is 0 Å². The van der Waals surface area contributed by atoms with Gasteiger partial charge in [0, 0.05) is 23.5 Å². The highest BCUT2D eigenvalue weighted by Crippen LogP contribution is 2.36. The standard InChI is InChI=1S/C17H23N3S/c1-17(2,3)15(18)16-19-13-9-10-20(11-14(13)21-16)12-7-5-4-6-8-12/h4-8,15H,9-11,18H2,1-3H3. The lowest BCUT2D eigenvalue weighted by Crippen LogP contribution is -2.29. The molecule has 3 nitrogen and oxygen atoms in total. The zero-order valence-electron chi connectivity index (χ0n) is 13.0. The number of fused-ring (bicyclic) bond motifs is 1. The monoisotopic (exact) mass is 301 g/mol. The molecule has 2 N–H and O–H groups in total. The number of rotatable bonds is 2. The van der Waals surface area contributed by atoms with Gasteiger partial charge in [0.05, 0.1) is 18.3 Å². The lowest BCUT2D eigenvalue weighted by molar-refractivity contribution is 0.326. The Balaban J connectivity index is 1.83. The van der Waals surface area contributed by atoms with Crippen molar-refractivity contribution in [1.82, 2.24) is 4.98 Å². The van der Waals surface area contributed by atoms with Crippen LogP contribution in [0.4, 0.5) is 5.69 Å². The van der Waals surface area contributed by atoms with Crippen molar-refractivity contribution in [2.24, 2.45) is 11.1 Å². The molecule has 1 unspecified atom stereocenters. The topological polar surface area (TPSA) is 42.1 Å². The minimum Gasteiger partial charge on any atom is -0.366 e. The van der Waals surface area contributed by atoms with Crippen molar-refractivity contribution in [2.45, 2.75) is 39.8 Å². The Morgan fingerprint density at radius 1 is 1.24 bits per heavy atom. The number of nitrogens with zero attached hydrogens (tertiary/aromatic N) is 2. The number of hydrogen-bond donors (Lipinski definition) is 1. The summed E-state index contributed by atoms with van der Waals surface area (Å²) in [6.45, 7) is 8.51. The maximum Gasteiger partial charge on any atom is 0.110 e. The first kappa shape index (κ1) is 14.5. The summed E-state index contributed by atoms with van der Waals surface area (Å²) in [5, 5.41) is 1.09. The molecule has 0 radical (unpaired) electrons. The van der Waals surface area contributed by atoms with Crippen LogP contribution in [0.1, 0.15) is 42.4 Å². The third kappa shape index (κ3) is 2.97. The quantitative estimate of drug-likeness (QED) is 0.918. The first-order valence-corrected chi connectivity index (χ1v) is 8.31. The molecule has 1 aromatic heterocycles. The van der Waals surface area contributed by atoms with Crippen molar-refractivity contribution in [3.63, 3.8) is 0 Å². The minimum absolute atomic E-state index is 0.0123. The molecule has 4 heteroatoms. The van der Waals surface area contributed by atoms with Crippen LogP contribution in [0.2, 0.25) is 0 Å². The molecule has 0 spiro atoms. The fraction of sp³-hybridized carbons (Fsp3) is 0.471. The highest BCUT2D eigenvalue weighted by Gasteiger charge is 2.28. The van der Waals surface area contributed by atoms with E-state index in [2.05, 4.69) is 56.0 Å². The molecule has 1 aliphatic rings. The van der Waals surface area contributed by atoms with Crippen molar-refractivity contribution in [2.75, 3.05) is 11.4 Å². The summed E-state index contributed by atoms with van der Waals surface area (Å²) < 4.78 is 0. The second-order valence-electron chi connectivity index (χ2n) is 6.77.